The predicted octanol–water partition coefficient (Wildman–Crippen LogP) is 1.96. The zero-order valence-corrected chi connectivity index (χ0v) is 14.3. The second-order valence-electron chi connectivity index (χ2n) is 6.85. The number of para-hydroxylation sites is 1. The molecule has 4 rings (SSSR count). The summed E-state index contributed by atoms with van der Waals surface area (Å²) in [7, 11) is 0. The first-order chi connectivity index (χ1) is 12.2. The monoisotopic (exact) mass is 341 g/mol. The Hall–Kier alpha value is -2.21. The van der Waals surface area contributed by atoms with Crippen LogP contribution in [0.15, 0.2) is 35.3 Å². The van der Waals surface area contributed by atoms with Crippen molar-refractivity contribution in [3.05, 3.63) is 40.7 Å². The minimum Gasteiger partial charge on any atom is -0.374 e. The zero-order chi connectivity index (χ0) is 17.2. The number of rotatable bonds is 3. The van der Waals surface area contributed by atoms with Gasteiger partial charge in [0.25, 0.3) is 0 Å². The van der Waals surface area contributed by atoms with Crippen LogP contribution in [0.4, 0.5) is 0 Å². The Morgan fingerprint density at radius 3 is 3.00 bits per heavy atom. The zero-order valence-electron chi connectivity index (χ0n) is 14.3. The number of fused-ring (bicyclic) bond motifs is 2. The molecular weight excluding hydrogens is 318 g/mol. The summed E-state index contributed by atoms with van der Waals surface area (Å²) in [5.74, 6) is 0.157. The van der Waals surface area contributed by atoms with Gasteiger partial charge >= 0.3 is 0 Å². The third kappa shape index (κ3) is 3.18. The first-order valence-electron chi connectivity index (χ1n) is 9.10. The SMILES string of the molecule is O=C(CCn1ncc(=O)c2ccccc21)N1CCO[C@@H]2CCCC[C@H]21. The highest BCUT2D eigenvalue weighted by atomic mass is 16.5. The molecule has 2 heterocycles. The van der Waals surface area contributed by atoms with Crippen LogP contribution in [-0.4, -0.2) is 45.9 Å². The van der Waals surface area contributed by atoms with E-state index in [0.717, 1.165) is 18.4 Å². The van der Waals surface area contributed by atoms with Gasteiger partial charge in [-0.25, -0.2) is 0 Å². The number of carbonyl (C=O) groups is 1. The maximum atomic E-state index is 12.8. The number of aryl methyl sites for hydroxylation is 1. The van der Waals surface area contributed by atoms with Gasteiger partial charge in [-0.05, 0) is 25.0 Å². The van der Waals surface area contributed by atoms with E-state index in [4.69, 9.17) is 4.74 Å². The van der Waals surface area contributed by atoms with Crippen LogP contribution in [0.2, 0.25) is 0 Å². The molecule has 0 radical (unpaired) electrons. The van der Waals surface area contributed by atoms with E-state index in [1.54, 1.807) is 10.7 Å². The quantitative estimate of drug-likeness (QED) is 0.856. The molecule has 25 heavy (non-hydrogen) atoms. The van der Waals surface area contributed by atoms with E-state index >= 15 is 0 Å². The molecule has 1 saturated heterocycles. The molecule has 0 bridgehead atoms. The Balaban J connectivity index is 1.49. The van der Waals surface area contributed by atoms with Crippen molar-refractivity contribution >= 4 is 16.8 Å². The fourth-order valence-electron chi connectivity index (χ4n) is 4.09. The highest BCUT2D eigenvalue weighted by Crippen LogP contribution is 2.28. The standard InChI is InChI=1S/C19H23N3O3/c23-17-13-20-22(15-6-2-1-5-14(15)17)10-9-19(24)21-11-12-25-18-8-4-3-7-16(18)21/h1-2,5-6,13,16,18H,3-4,7-12H2/t16-,18-/m1/s1. The van der Waals surface area contributed by atoms with Crippen LogP contribution in [0.5, 0.6) is 0 Å². The topological polar surface area (TPSA) is 64.4 Å². The molecule has 6 nitrogen and oxygen atoms in total. The number of hydrogen-bond donors (Lipinski definition) is 0. The minimum absolute atomic E-state index is 0.0867. The molecule has 0 unspecified atom stereocenters. The van der Waals surface area contributed by atoms with E-state index in [9.17, 15) is 9.59 Å². The number of hydrogen-bond acceptors (Lipinski definition) is 4. The molecule has 1 aromatic carbocycles. The maximum Gasteiger partial charge on any atom is 0.224 e. The number of nitrogens with zero attached hydrogens (tertiary/aromatic N) is 3. The molecule has 2 fully saturated rings. The molecule has 6 heteroatoms. The van der Waals surface area contributed by atoms with Crippen LogP contribution < -0.4 is 5.43 Å². The van der Waals surface area contributed by atoms with Crippen molar-refractivity contribution in [2.75, 3.05) is 13.2 Å². The van der Waals surface area contributed by atoms with E-state index in [0.29, 0.717) is 31.5 Å². The summed E-state index contributed by atoms with van der Waals surface area (Å²) in [5, 5.41) is 4.86. The lowest BCUT2D eigenvalue weighted by molar-refractivity contribution is -0.149. The van der Waals surface area contributed by atoms with Crippen molar-refractivity contribution in [2.45, 2.75) is 50.8 Å². The minimum atomic E-state index is -0.0867. The van der Waals surface area contributed by atoms with Crippen LogP contribution in [0.25, 0.3) is 10.9 Å². The summed E-state index contributed by atoms with van der Waals surface area (Å²) in [6.45, 7) is 1.79. The number of ether oxygens (including phenoxy) is 1. The van der Waals surface area contributed by atoms with Gasteiger partial charge in [0, 0.05) is 18.4 Å². The highest BCUT2D eigenvalue weighted by molar-refractivity contribution is 5.79. The molecule has 132 valence electrons. The summed E-state index contributed by atoms with van der Waals surface area (Å²) in [4.78, 5) is 26.7. The molecule has 1 aliphatic heterocycles. The van der Waals surface area contributed by atoms with Crippen LogP contribution in [0.3, 0.4) is 0 Å². The predicted molar refractivity (Wildman–Crippen MR) is 94.3 cm³/mol. The molecule has 1 amide bonds. The Kier molecular flexibility index (Phi) is 4.53. The lowest BCUT2D eigenvalue weighted by atomic mass is 9.90. The first-order valence-corrected chi connectivity index (χ1v) is 9.10. The summed E-state index contributed by atoms with van der Waals surface area (Å²) in [6, 6.07) is 7.63. The van der Waals surface area contributed by atoms with Gasteiger partial charge in [-0.15, -0.1) is 0 Å². The van der Waals surface area contributed by atoms with Crippen LogP contribution in [-0.2, 0) is 16.1 Å². The summed E-state index contributed by atoms with van der Waals surface area (Å²) >= 11 is 0. The molecule has 1 aromatic heterocycles. The van der Waals surface area contributed by atoms with Gasteiger partial charge in [0.1, 0.15) is 0 Å². The molecule has 0 spiro atoms. The van der Waals surface area contributed by atoms with Gasteiger partial charge in [0.2, 0.25) is 11.3 Å². The average Bonchev–Trinajstić information content (AvgIpc) is 2.67. The normalized spacial score (nSPS) is 23.4. The van der Waals surface area contributed by atoms with Gasteiger partial charge in [-0.2, -0.15) is 5.10 Å². The summed E-state index contributed by atoms with van der Waals surface area (Å²) in [5.41, 5.74) is 0.691. The summed E-state index contributed by atoms with van der Waals surface area (Å²) < 4.78 is 7.61. The molecule has 1 saturated carbocycles. The van der Waals surface area contributed by atoms with E-state index < -0.39 is 0 Å². The molecule has 2 aromatic rings. The number of carbonyl (C=O) groups excluding carboxylic acids is 1. The molecular formula is C19H23N3O3. The Labute approximate surface area is 146 Å². The molecule has 1 aliphatic carbocycles. The van der Waals surface area contributed by atoms with Crippen molar-refractivity contribution < 1.29 is 9.53 Å². The van der Waals surface area contributed by atoms with Gasteiger partial charge < -0.3 is 9.64 Å². The van der Waals surface area contributed by atoms with E-state index in [-0.39, 0.29) is 23.5 Å². The Bertz CT molecular complexity index is 830. The average molecular weight is 341 g/mol. The van der Waals surface area contributed by atoms with Crippen molar-refractivity contribution in [3.63, 3.8) is 0 Å². The summed E-state index contributed by atoms with van der Waals surface area (Å²) in [6.07, 6.45) is 6.38. The Morgan fingerprint density at radius 2 is 2.08 bits per heavy atom. The lowest BCUT2D eigenvalue weighted by Gasteiger charge is -2.43. The molecule has 2 atom stereocenters. The van der Waals surface area contributed by atoms with E-state index in [1.807, 2.05) is 23.1 Å². The fourth-order valence-corrected chi connectivity index (χ4v) is 4.09. The second-order valence-corrected chi connectivity index (χ2v) is 6.85. The smallest absolute Gasteiger partial charge is 0.224 e. The van der Waals surface area contributed by atoms with Gasteiger partial charge in [0.05, 0.1) is 37.0 Å². The third-order valence-corrected chi connectivity index (χ3v) is 5.35. The van der Waals surface area contributed by atoms with Gasteiger partial charge in [-0.1, -0.05) is 25.0 Å². The Morgan fingerprint density at radius 1 is 1.24 bits per heavy atom. The van der Waals surface area contributed by atoms with Crippen molar-refractivity contribution in [3.8, 4) is 0 Å². The van der Waals surface area contributed by atoms with Crippen LogP contribution in [0.1, 0.15) is 32.1 Å². The van der Waals surface area contributed by atoms with Crippen molar-refractivity contribution in [2.24, 2.45) is 0 Å². The number of amides is 1. The van der Waals surface area contributed by atoms with Gasteiger partial charge in [-0.3, -0.25) is 14.3 Å². The molecule has 2 aliphatic rings. The highest BCUT2D eigenvalue weighted by Gasteiger charge is 2.36. The lowest BCUT2D eigenvalue weighted by Crippen LogP contribution is -2.54. The second kappa shape index (κ2) is 6.96. The van der Waals surface area contributed by atoms with Crippen LogP contribution >= 0.6 is 0 Å². The number of benzene rings is 1. The third-order valence-electron chi connectivity index (χ3n) is 5.35. The van der Waals surface area contributed by atoms with Crippen LogP contribution in [0, 0.1) is 0 Å². The first kappa shape index (κ1) is 16.3. The maximum absolute atomic E-state index is 12.8. The van der Waals surface area contributed by atoms with E-state index in [2.05, 4.69) is 5.10 Å². The number of morpholine rings is 1. The van der Waals surface area contributed by atoms with Crippen molar-refractivity contribution in [1.29, 1.82) is 0 Å². The largest absolute Gasteiger partial charge is 0.374 e. The van der Waals surface area contributed by atoms with Gasteiger partial charge in [0.15, 0.2) is 0 Å². The van der Waals surface area contributed by atoms with Crippen molar-refractivity contribution in [1.82, 2.24) is 14.7 Å². The fraction of sp³-hybridized carbons (Fsp3) is 0.526. The van der Waals surface area contributed by atoms with E-state index in [1.165, 1.54) is 19.0 Å². The molecule has 0 N–H and O–H groups in total. The number of aromatic nitrogens is 2.